The molecule has 22 heavy (non-hydrogen) atoms. The van der Waals surface area contributed by atoms with E-state index in [0.29, 0.717) is 22.9 Å². The molecular formula is C17H17ClFNO2. The van der Waals surface area contributed by atoms with E-state index in [1.165, 1.54) is 19.2 Å². The van der Waals surface area contributed by atoms with Gasteiger partial charge in [-0.05, 0) is 48.7 Å². The van der Waals surface area contributed by atoms with E-state index < -0.39 is 0 Å². The van der Waals surface area contributed by atoms with Gasteiger partial charge in [0.15, 0.2) is 0 Å². The Hall–Kier alpha value is -2.07. The van der Waals surface area contributed by atoms with Gasteiger partial charge in [0.2, 0.25) is 0 Å². The van der Waals surface area contributed by atoms with Crippen LogP contribution in [-0.4, -0.2) is 19.6 Å². The summed E-state index contributed by atoms with van der Waals surface area (Å²) in [6, 6.07) is 11.3. The summed E-state index contributed by atoms with van der Waals surface area (Å²) in [5.41, 5.74) is 1.45. The Morgan fingerprint density at radius 3 is 2.64 bits per heavy atom. The predicted molar refractivity (Wildman–Crippen MR) is 85.1 cm³/mol. The molecular weight excluding hydrogens is 305 g/mol. The standard InChI is InChI=1S/C17H17ClFNO2/c1-22-16-9-6-13(18)11-15(16)17(21)20-10-2-3-12-4-7-14(19)8-5-12/h4-9,11H,2-3,10H2,1H3,(H,20,21). The van der Waals surface area contributed by atoms with Crippen LogP contribution in [0.2, 0.25) is 5.02 Å². The first-order valence-electron chi connectivity index (χ1n) is 6.96. The quantitative estimate of drug-likeness (QED) is 0.821. The van der Waals surface area contributed by atoms with E-state index in [9.17, 15) is 9.18 Å². The Kier molecular flexibility index (Phi) is 5.78. The van der Waals surface area contributed by atoms with Crippen LogP contribution in [-0.2, 0) is 6.42 Å². The number of ether oxygens (including phenoxy) is 1. The number of benzene rings is 2. The van der Waals surface area contributed by atoms with Gasteiger partial charge in [0.1, 0.15) is 11.6 Å². The molecule has 0 radical (unpaired) electrons. The van der Waals surface area contributed by atoms with E-state index in [4.69, 9.17) is 16.3 Å². The van der Waals surface area contributed by atoms with Crippen LogP contribution in [0.5, 0.6) is 5.75 Å². The summed E-state index contributed by atoms with van der Waals surface area (Å²) in [5.74, 6) is 0.0176. The van der Waals surface area contributed by atoms with Gasteiger partial charge in [-0.3, -0.25) is 4.79 Å². The highest BCUT2D eigenvalue weighted by molar-refractivity contribution is 6.31. The van der Waals surface area contributed by atoms with Crippen LogP contribution in [0.1, 0.15) is 22.3 Å². The van der Waals surface area contributed by atoms with Gasteiger partial charge in [-0.1, -0.05) is 23.7 Å². The Morgan fingerprint density at radius 1 is 1.23 bits per heavy atom. The molecule has 3 nitrogen and oxygen atoms in total. The maximum absolute atomic E-state index is 12.8. The first-order chi connectivity index (χ1) is 10.6. The fourth-order valence-corrected chi connectivity index (χ4v) is 2.27. The normalized spacial score (nSPS) is 10.3. The van der Waals surface area contributed by atoms with E-state index in [-0.39, 0.29) is 11.7 Å². The van der Waals surface area contributed by atoms with Crippen LogP contribution in [0.3, 0.4) is 0 Å². The molecule has 0 aromatic heterocycles. The Bertz CT molecular complexity index is 644. The number of halogens is 2. The molecule has 0 saturated carbocycles. The number of methoxy groups -OCH3 is 1. The Balaban J connectivity index is 1.85. The molecule has 1 amide bonds. The molecule has 0 atom stereocenters. The van der Waals surface area contributed by atoms with Crippen molar-refractivity contribution in [1.29, 1.82) is 0 Å². The smallest absolute Gasteiger partial charge is 0.255 e. The van der Waals surface area contributed by atoms with Gasteiger partial charge >= 0.3 is 0 Å². The average molecular weight is 322 g/mol. The molecule has 0 spiro atoms. The molecule has 0 aliphatic heterocycles. The molecule has 2 rings (SSSR count). The van der Waals surface area contributed by atoms with Crippen LogP contribution in [0, 0.1) is 5.82 Å². The highest BCUT2D eigenvalue weighted by Crippen LogP contribution is 2.22. The summed E-state index contributed by atoms with van der Waals surface area (Å²) in [5, 5.41) is 3.31. The minimum Gasteiger partial charge on any atom is -0.496 e. The topological polar surface area (TPSA) is 38.3 Å². The summed E-state index contributed by atoms with van der Waals surface area (Å²) in [6.45, 7) is 0.520. The van der Waals surface area contributed by atoms with Crippen molar-refractivity contribution in [3.05, 3.63) is 64.4 Å². The molecule has 0 unspecified atom stereocenters. The van der Waals surface area contributed by atoms with Crippen LogP contribution in [0.4, 0.5) is 4.39 Å². The lowest BCUT2D eigenvalue weighted by Crippen LogP contribution is -2.25. The van der Waals surface area contributed by atoms with E-state index in [0.717, 1.165) is 18.4 Å². The Labute approximate surface area is 134 Å². The molecule has 116 valence electrons. The van der Waals surface area contributed by atoms with Gasteiger partial charge in [0.25, 0.3) is 5.91 Å². The predicted octanol–water partition coefficient (Wildman–Crippen LogP) is 3.85. The van der Waals surface area contributed by atoms with Crippen molar-refractivity contribution < 1.29 is 13.9 Å². The van der Waals surface area contributed by atoms with Crippen molar-refractivity contribution in [1.82, 2.24) is 5.32 Å². The number of aryl methyl sites for hydroxylation is 1. The maximum Gasteiger partial charge on any atom is 0.255 e. The van der Waals surface area contributed by atoms with Gasteiger partial charge in [-0.2, -0.15) is 0 Å². The van der Waals surface area contributed by atoms with Crippen LogP contribution >= 0.6 is 11.6 Å². The number of carbonyl (C=O) groups excluding carboxylic acids is 1. The van der Waals surface area contributed by atoms with Crippen molar-refractivity contribution in [2.75, 3.05) is 13.7 Å². The van der Waals surface area contributed by atoms with Crippen LogP contribution < -0.4 is 10.1 Å². The largest absolute Gasteiger partial charge is 0.496 e. The second kappa shape index (κ2) is 7.80. The molecule has 0 bridgehead atoms. The number of amides is 1. The third-order valence-corrected chi connectivity index (χ3v) is 3.48. The SMILES string of the molecule is COc1ccc(Cl)cc1C(=O)NCCCc1ccc(F)cc1. The molecule has 5 heteroatoms. The second-order valence-electron chi connectivity index (χ2n) is 4.83. The highest BCUT2D eigenvalue weighted by atomic mass is 35.5. The Morgan fingerprint density at radius 2 is 1.95 bits per heavy atom. The molecule has 0 fully saturated rings. The minimum atomic E-state index is -0.245. The number of hydrogen-bond donors (Lipinski definition) is 1. The monoisotopic (exact) mass is 321 g/mol. The molecule has 0 aliphatic rings. The zero-order valence-corrected chi connectivity index (χ0v) is 13.0. The van der Waals surface area contributed by atoms with Crippen molar-refractivity contribution in [3.8, 4) is 5.75 Å². The molecule has 2 aromatic carbocycles. The van der Waals surface area contributed by atoms with Crippen molar-refractivity contribution in [2.45, 2.75) is 12.8 Å². The molecule has 1 N–H and O–H groups in total. The van der Waals surface area contributed by atoms with Gasteiger partial charge in [0, 0.05) is 11.6 Å². The van der Waals surface area contributed by atoms with Crippen LogP contribution in [0.15, 0.2) is 42.5 Å². The second-order valence-corrected chi connectivity index (χ2v) is 5.27. The van der Waals surface area contributed by atoms with Crippen molar-refractivity contribution >= 4 is 17.5 Å². The summed E-state index contributed by atoms with van der Waals surface area (Å²) in [4.78, 5) is 12.1. The molecule has 0 heterocycles. The highest BCUT2D eigenvalue weighted by Gasteiger charge is 2.12. The minimum absolute atomic E-state index is 0.224. The summed E-state index contributed by atoms with van der Waals surface area (Å²) in [6.07, 6.45) is 1.54. The van der Waals surface area contributed by atoms with Crippen molar-refractivity contribution in [3.63, 3.8) is 0 Å². The van der Waals surface area contributed by atoms with Crippen LogP contribution in [0.25, 0.3) is 0 Å². The lowest BCUT2D eigenvalue weighted by molar-refractivity contribution is 0.0950. The third kappa shape index (κ3) is 4.46. The van der Waals surface area contributed by atoms with Gasteiger partial charge in [-0.15, -0.1) is 0 Å². The fourth-order valence-electron chi connectivity index (χ4n) is 2.10. The number of rotatable bonds is 6. The lowest BCUT2D eigenvalue weighted by atomic mass is 10.1. The van der Waals surface area contributed by atoms with E-state index in [1.807, 2.05) is 0 Å². The van der Waals surface area contributed by atoms with E-state index in [1.54, 1.807) is 30.3 Å². The van der Waals surface area contributed by atoms with Crippen molar-refractivity contribution in [2.24, 2.45) is 0 Å². The number of nitrogens with one attached hydrogen (secondary N) is 1. The van der Waals surface area contributed by atoms with E-state index in [2.05, 4.69) is 5.32 Å². The average Bonchev–Trinajstić information content (AvgIpc) is 2.53. The summed E-state index contributed by atoms with van der Waals surface area (Å²) in [7, 11) is 1.51. The summed E-state index contributed by atoms with van der Waals surface area (Å²) >= 11 is 5.91. The first kappa shape index (κ1) is 16.3. The fraction of sp³-hybridized carbons (Fsp3) is 0.235. The first-order valence-corrected chi connectivity index (χ1v) is 7.34. The molecule has 0 aliphatic carbocycles. The van der Waals surface area contributed by atoms with E-state index >= 15 is 0 Å². The van der Waals surface area contributed by atoms with Gasteiger partial charge < -0.3 is 10.1 Å². The number of hydrogen-bond acceptors (Lipinski definition) is 2. The van der Waals surface area contributed by atoms with Gasteiger partial charge in [0.05, 0.1) is 12.7 Å². The zero-order chi connectivity index (χ0) is 15.9. The third-order valence-electron chi connectivity index (χ3n) is 3.25. The summed E-state index contributed by atoms with van der Waals surface area (Å²) < 4.78 is 17.9. The number of carbonyl (C=O) groups is 1. The maximum atomic E-state index is 12.8. The molecule has 2 aromatic rings. The lowest BCUT2D eigenvalue weighted by Gasteiger charge is -2.09. The zero-order valence-electron chi connectivity index (χ0n) is 12.2. The molecule has 0 saturated heterocycles. The van der Waals surface area contributed by atoms with Gasteiger partial charge in [-0.25, -0.2) is 4.39 Å².